The first-order chi connectivity index (χ1) is 13.1. The van der Waals surface area contributed by atoms with Gasteiger partial charge in [0.1, 0.15) is 0 Å². The van der Waals surface area contributed by atoms with Gasteiger partial charge in [0, 0.05) is 23.6 Å². The van der Waals surface area contributed by atoms with E-state index in [9.17, 15) is 4.79 Å². The molecule has 2 atom stereocenters. The first-order valence-corrected chi connectivity index (χ1v) is 9.61. The summed E-state index contributed by atoms with van der Waals surface area (Å²) in [5.41, 5.74) is 3.19. The van der Waals surface area contributed by atoms with Crippen LogP contribution in [0.4, 0.5) is 0 Å². The number of ether oxygens (including phenoxy) is 3. The Bertz CT molecular complexity index is 841. The third-order valence-electron chi connectivity index (χ3n) is 6.24. The van der Waals surface area contributed by atoms with Crippen molar-refractivity contribution in [1.82, 2.24) is 4.90 Å². The fourth-order valence-electron chi connectivity index (χ4n) is 5.13. The molecule has 0 N–H and O–H groups in total. The Hall–Kier alpha value is -2.27. The Labute approximate surface area is 160 Å². The molecule has 0 radical (unpaired) electrons. The average Bonchev–Trinajstić information content (AvgIpc) is 2.68. The van der Waals surface area contributed by atoms with E-state index in [-0.39, 0.29) is 17.2 Å². The predicted molar refractivity (Wildman–Crippen MR) is 103 cm³/mol. The van der Waals surface area contributed by atoms with Crippen LogP contribution in [-0.2, 0) is 21.4 Å². The predicted octanol–water partition coefficient (Wildman–Crippen LogP) is 3.02. The van der Waals surface area contributed by atoms with Crippen LogP contribution in [0.3, 0.4) is 0 Å². The van der Waals surface area contributed by atoms with Gasteiger partial charge in [-0.1, -0.05) is 13.0 Å². The quantitative estimate of drug-likeness (QED) is 0.798. The molecule has 1 heterocycles. The molecular weight excluding hydrogens is 342 g/mol. The number of methoxy groups -OCH3 is 3. The highest BCUT2D eigenvalue weighted by Crippen LogP contribution is 2.56. The van der Waals surface area contributed by atoms with Crippen molar-refractivity contribution in [2.75, 3.05) is 34.4 Å². The molecule has 1 aliphatic heterocycles. The number of hydrogen-bond acceptors (Lipinski definition) is 5. The molecule has 2 aliphatic carbocycles. The first kappa shape index (κ1) is 18.1. The number of likely N-dealkylation sites (tertiary alicyclic amines) is 1. The lowest BCUT2D eigenvalue weighted by atomic mass is 9.58. The summed E-state index contributed by atoms with van der Waals surface area (Å²) in [6.45, 7) is 4.23. The fourth-order valence-corrected chi connectivity index (χ4v) is 5.13. The molecule has 0 spiro atoms. The molecule has 144 valence electrons. The summed E-state index contributed by atoms with van der Waals surface area (Å²) in [6, 6.07) is 4.37. The number of hydrogen-bond donors (Lipinski definition) is 0. The topological polar surface area (TPSA) is 48.0 Å². The van der Waals surface area contributed by atoms with E-state index in [1.165, 1.54) is 11.1 Å². The maximum atomic E-state index is 12.6. The van der Waals surface area contributed by atoms with Gasteiger partial charge in [0.05, 0.1) is 21.3 Å². The van der Waals surface area contributed by atoms with Crippen molar-refractivity contribution in [2.45, 2.75) is 37.6 Å². The third-order valence-corrected chi connectivity index (χ3v) is 6.24. The van der Waals surface area contributed by atoms with E-state index >= 15 is 0 Å². The number of allylic oxidation sites excluding steroid dienone is 2. The van der Waals surface area contributed by atoms with Gasteiger partial charge in [-0.2, -0.15) is 0 Å². The lowest BCUT2D eigenvalue weighted by Gasteiger charge is -2.53. The number of nitrogens with zero attached hydrogens (tertiary/aromatic N) is 1. The maximum Gasteiger partial charge on any atom is 0.220 e. The number of carbonyl (C=O) groups excluding carboxylic acids is 1. The van der Waals surface area contributed by atoms with Gasteiger partial charge in [0.15, 0.2) is 17.3 Å². The second-order valence-corrected chi connectivity index (χ2v) is 7.49. The highest BCUT2D eigenvalue weighted by atomic mass is 16.5. The van der Waals surface area contributed by atoms with Crippen molar-refractivity contribution in [2.24, 2.45) is 0 Å². The lowest BCUT2D eigenvalue weighted by molar-refractivity contribution is -0.114. The number of rotatable bonds is 5. The second kappa shape index (κ2) is 6.71. The SMILES string of the molecule is CCCN1CCC23C=C(OC)C(=O)C=C2C1Cc1ccc(OC)c(OC)c13. The van der Waals surface area contributed by atoms with Crippen LogP contribution in [0.5, 0.6) is 11.5 Å². The van der Waals surface area contributed by atoms with E-state index in [0.717, 1.165) is 49.4 Å². The van der Waals surface area contributed by atoms with Gasteiger partial charge < -0.3 is 14.2 Å². The molecule has 0 aromatic heterocycles. The van der Waals surface area contributed by atoms with Gasteiger partial charge in [-0.3, -0.25) is 9.69 Å². The van der Waals surface area contributed by atoms with Crippen LogP contribution in [0.2, 0.25) is 0 Å². The molecule has 1 fully saturated rings. The zero-order valence-corrected chi connectivity index (χ0v) is 16.5. The van der Waals surface area contributed by atoms with Crippen molar-refractivity contribution in [1.29, 1.82) is 0 Å². The Kier molecular flexibility index (Phi) is 4.50. The van der Waals surface area contributed by atoms with Crippen molar-refractivity contribution >= 4 is 5.78 Å². The van der Waals surface area contributed by atoms with E-state index < -0.39 is 0 Å². The Morgan fingerprint density at radius 2 is 2.00 bits per heavy atom. The summed E-state index contributed by atoms with van der Waals surface area (Å²) in [7, 11) is 4.91. The minimum Gasteiger partial charge on any atom is -0.493 e. The molecule has 5 heteroatoms. The van der Waals surface area contributed by atoms with Crippen molar-refractivity contribution in [3.63, 3.8) is 0 Å². The number of piperidine rings is 1. The smallest absolute Gasteiger partial charge is 0.220 e. The van der Waals surface area contributed by atoms with Gasteiger partial charge >= 0.3 is 0 Å². The fraction of sp³-hybridized carbons (Fsp3) is 0.500. The molecule has 0 amide bonds. The third kappa shape index (κ3) is 2.52. The number of fused-ring (bicyclic) bond motifs is 1. The normalized spacial score (nSPS) is 26.5. The molecule has 3 aliphatic rings. The summed E-state index contributed by atoms with van der Waals surface area (Å²) in [4.78, 5) is 15.1. The van der Waals surface area contributed by atoms with E-state index in [1.807, 2.05) is 18.2 Å². The van der Waals surface area contributed by atoms with E-state index in [4.69, 9.17) is 14.2 Å². The summed E-state index contributed by atoms with van der Waals surface area (Å²) in [5, 5.41) is 0. The van der Waals surface area contributed by atoms with E-state index in [1.54, 1.807) is 21.3 Å². The molecule has 0 saturated carbocycles. The van der Waals surface area contributed by atoms with Crippen LogP contribution in [0.1, 0.15) is 30.9 Å². The molecular formula is C22H27NO4. The summed E-state index contributed by atoms with van der Waals surface area (Å²) < 4.78 is 16.8. The Morgan fingerprint density at radius 3 is 2.67 bits per heavy atom. The van der Waals surface area contributed by atoms with Crippen LogP contribution in [0.25, 0.3) is 0 Å². The van der Waals surface area contributed by atoms with Crippen LogP contribution in [0.15, 0.2) is 35.6 Å². The minimum absolute atomic E-state index is 0.0446. The Morgan fingerprint density at radius 1 is 1.19 bits per heavy atom. The molecule has 5 nitrogen and oxygen atoms in total. The van der Waals surface area contributed by atoms with Gasteiger partial charge in [-0.15, -0.1) is 0 Å². The lowest BCUT2D eigenvalue weighted by Crippen LogP contribution is -2.56. The van der Waals surface area contributed by atoms with E-state index in [0.29, 0.717) is 5.76 Å². The molecule has 4 rings (SSSR count). The van der Waals surface area contributed by atoms with Crippen LogP contribution in [-0.4, -0.2) is 51.1 Å². The van der Waals surface area contributed by atoms with Crippen molar-refractivity contribution in [3.8, 4) is 11.5 Å². The minimum atomic E-state index is -0.373. The van der Waals surface area contributed by atoms with Crippen LogP contribution < -0.4 is 9.47 Å². The highest BCUT2D eigenvalue weighted by molar-refractivity contribution is 6.05. The molecule has 2 unspecified atom stereocenters. The monoisotopic (exact) mass is 369 g/mol. The maximum absolute atomic E-state index is 12.6. The molecule has 1 aromatic carbocycles. The van der Waals surface area contributed by atoms with Crippen LogP contribution in [0, 0.1) is 0 Å². The average molecular weight is 369 g/mol. The number of benzene rings is 1. The van der Waals surface area contributed by atoms with Crippen LogP contribution >= 0.6 is 0 Å². The van der Waals surface area contributed by atoms with Crippen molar-refractivity contribution in [3.05, 3.63) is 46.7 Å². The number of ketones is 1. The zero-order valence-electron chi connectivity index (χ0n) is 16.5. The van der Waals surface area contributed by atoms with Gasteiger partial charge in [0.2, 0.25) is 5.78 Å². The highest BCUT2D eigenvalue weighted by Gasteiger charge is 2.52. The van der Waals surface area contributed by atoms with Gasteiger partial charge in [0.25, 0.3) is 0 Å². The van der Waals surface area contributed by atoms with Gasteiger partial charge in [-0.05, 0) is 55.2 Å². The number of carbonyl (C=O) groups is 1. The van der Waals surface area contributed by atoms with Gasteiger partial charge in [-0.25, -0.2) is 0 Å². The van der Waals surface area contributed by atoms with E-state index in [2.05, 4.69) is 17.9 Å². The first-order valence-electron chi connectivity index (χ1n) is 9.61. The molecule has 1 aromatic rings. The molecule has 1 saturated heterocycles. The summed E-state index contributed by atoms with van der Waals surface area (Å²) in [5.74, 6) is 1.86. The summed E-state index contributed by atoms with van der Waals surface area (Å²) in [6.07, 6.45) is 6.72. The molecule has 2 bridgehead atoms. The largest absolute Gasteiger partial charge is 0.493 e. The Balaban J connectivity index is 1.99. The second-order valence-electron chi connectivity index (χ2n) is 7.49. The standard InChI is InChI=1S/C22H27NO4/c1-5-9-23-10-8-22-13-19(26-3)17(24)12-15(22)16(23)11-14-6-7-18(25-2)21(27-4)20(14)22/h6-7,12-13,16H,5,8-11H2,1-4H3. The molecule has 27 heavy (non-hydrogen) atoms. The summed E-state index contributed by atoms with van der Waals surface area (Å²) >= 11 is 0. The van der Waals surface area contributed by atoms with Crippen molar-refractivity contribution < 1.29 is 19.0 Å². The zero-order chi connectivity index (χ0) is 19.2.